The molecule has 0 saturated carbocycles. The van der Waals surface area contributed by atoms with Crippen molar-refractivity contribution in [2.24, 2.45) is 0 Å². The number of nitrogen functional groups attached to an aromatic ring is 1. The quantitative estimate of drug-likeness (QED) is 0.735. The lowest BCUT2D eigenvalue weighted by Crippen LogP contribution is -2.30. The SMILES string of the molecule is Nc1ccc2c(c1)N(CCCO)CCC2. The molecule has 1 aliphatic rings. The van der Waals surface area contributed by atoms with Crippen LogP contribution in [0.2, 0.25) is 0 Å². The smallest absolute Gasteiger partial charge is 0.0447 e. The van der Waals surface area contributed by atoms with Crippen molar-refractivity contribution in [2.75, 3.05) is 30.3 Å². The predicted octanol–water partition coefficient (Wildman–Crippen LogP) is 1.40. The summed E-state index contributed by atoms with van der Waals surface area (Å²) in [7, 11) is 0. The molecule has 0 fully saturated rings. The molecule has 0 amide bonds. The van der Waals surface area contributed by atoms with Gasteiger partial charge in [0.2, 0.25) is 0 Å². The van der Waals surface area contributed by atoms with Crippen molar-refractivity contribution in [1.82, 2.24) is 0 Å². The number of aryl methyl sites for hydroxylation is 1. The summed E-state index contributed by atoms with van der Waals surface area (Å²) in [4.78, 5) is 2.32. The van der Waals surface area contributed by atoms with Gasteiger partial charge in [0, 0.05) is 31.1 Å². The van der Waals surface area contributed by atoms with Gasteiger partial charge in [-0.2, -0.15) is 0 Å². The third-order valence-corrected chi connectivity index (χ3v) is 2.91. The molecule has 1 aliphatic heterocycles. The Morgan fingerprint density at radius 3 is 3.07 bits per heavy atom. The number of anilines is 2. The number of nitrogens with zero attached hydrogens (tertiary/aromatic N) is 1. The third-order valence-electron chi connectivity index (χ3n) is 2.91. The molecular weight excluding hydrogens is 188 g/mol. The zero-order valence-corrected chi connectivity index (χ0v) is 8.95. The minimum atomic E-state index is 0.258. The van der Waals surface area contributed by atoms with Gasteiger partial charge in [0.25, 0.3) is 0 Å². The van der Waals surface area contributed by atoms with Crippen molar-refractivity contribution in [3.8, 4) is 0 Å². The van der Waals surface area contributed by atoms with Crippen molar-refractivity contribution in [3.63, 3.8) is 0 Å². The van der Waals surface area contributed by atoms with Crippen molar-refractivity contribution in [2.45, 2.75) is 19.3 Å². The summed E-state index contributed by atoms with van der Waals surface area (Å²) in [6, 6.07) is 6.13. The van der Waals surface area contributed by atoms with E-state index in [4.69, 9.17) is 10.8 Å². The maximum absolute atomic E-state index is 8.85. The largest absolute Gasteiger partial charge is 0.399 e. The molecule has 0 aliphatic carbocycles. The first-order chi connectivity index (χ1) is 7.31. The number of nitrogens with two attached hydrogens (primary N) is 1. The summed E-state index contributed by atoms with van der Waals surface area (Å²) < 4.78 is 0. The van der Waals surface area contributed by atoms with E-state index in [0.717, 1.165) is 31.6 Å². The van der Waals surface area contributed by atoms with Gasteiger partial charge in [-0.1, -0.05) is 6.07 Å². The molecule has 82 valence electrons. The zero-order valence-electron chi connectivity index (χ0n) is 8.95. The van der Waals surface area contributed by atoms with Crippen molar-refractivity contribution >= 4 is 11.4 Å². The maximum Gasteiger partial charge on any atom is 0.0447 e. The number of aliphatic hydroxyl groups excluding tert-OH is 1. The number of benzene rings is 1. The highest BCUT2D eigenvalue weighted by atomic mass is 16.3. The summed E-state index contributed by atoms with van der Waals surface area (Å²) in [5, 5.41) is 8.85. The van der Waals surface area contributed by atoms with Gasteiger partial charge in [0.15, 0.2) is 0 Å². The molecule has 0 aromatic heterocycles. The maximum atomic E-state index is 8.85. The first-order valence-corrected chi connectivity index (χ1v) is 5.55. The molecule has 1 aromatic carbocycles. The standard InChI is InChI=1S/C12H18N2O/c13-11-5-4-10-3-1-6-14(7-2-8-15)12(10)9-11/h4-5,9,15H,1-3,6-8,13H2. The van der Waals surface area contributed by atoms with Gasteiger partial charge >= 0.3 is 0 Å². The Kier molecular flexibility index (Phi) is 3.11. The second kappa shape index (κ2) is 4.53. The van der Waals surface area contributed by atoms with Crippen LogP contribution in [-0.2, 0) is 6.42 Å². The van der Waals surface area contributed by atoms with Crippen LogP contribution in [0.15, 0.2) is 18.2 Å². The first kappa shape index (κ1) is 10.3. The fraction of sp³-hybridized carbons (Fsp3) is 0.500. The van der Waals surface area contributed by atoms with E-state index >= 15 is 0 Å². The van der Waals surface area contributed by atoms with Crippen molar-refractivity contribution in [3.05, 3.63) is 23.8 Å². The van der Waals surface area contributed by atoms with Gasteiger partial charge in [0.05, 0.1) is 0 Å². The summed E-state index contributed by atoms with van der Waals surface area (Å²) in [5.74, 6) is 0. The molecule has 0 radical (unpaired) electrons. The molecule has 15 heavy (non-hydrogen) atoms. The Morgan fingerprint density at radius 2 is 2.27 bits per heavy atom. The van der Waals surface area contributed by atoms with E-state index in [-0.39, 0.29) is 6.61 Å². The highest BCUT2D eigenvalue weighted by Crippen LogP contribution is 2.28. The monoisotopic (exact) mass is 206 g/mol. The molecule has 1 heterocycles. The Morgan fingerprint density at radius 1 is 1.40 bits per heavy atom. The van der Waals surface area contributed by atoms with Gasteiger partial charge in [-0.05, 0) is 37.0 Å². The molecule has 3 nitrogen and oxygen atoms in total. The van der Waals surface area contributed by atoms with Crippen LogP contribution in [0.4, 0.5) is 11.4 Å². The van der Waals surface area contributed by atoms with Gasteiger partial charge < -0.3 is 15.7 Å². The van der Waals surface area contributed by atoms with Gasteiger partial charge in [-0.25, -0.2) is 0 Å². The molecule has 3 N–H and O–H groups in total. The lowest BCUT2D eigenvalue weighted by Gasteiger charge is -2.31. The zero-order chi connectivity index (χ0) is 10.7. The Bertz CT molecular complexity index is 338. The van der Waals surface area contributed by atoms with Crippen molar-refractivity contribution in [1.29, 1.82) is 0 Å². The van der Waals surface area contributed by atoms with E-state index in [0.29, 0.717) is 0 Å². The van der Waals surface area contributed by atoms with Gasteiger partial charge in [-0.3, -0.25) is 0 Å². The molecule has 1 aromatic rings. The fourth-order valence-corrected chi connectivity index (χ4v) is 2.16. The predicted molar refractivity (Wildman–Crippen MR) is 63.1 cm³/mol. The van der Waals surface area contributed by atoms with Crippen LogP contribution in [-0.4, -0.2) is 24.8 Å². The molecule has 0 unspecified atom stereocenters. The minimum Gasteiger partial charge on any atom is -0.399 e. The summed E-state index contributed by atoms with van der Waals surface area (Å²) in [6.07, 6.45) is 3.17. The van der Waals surface area contributed by atoms with E-state index in [1.807, 2.05) is 12.1 Å². The molecule has 3 heteroatoms. The molecule has 2 rings (SSSR count). The highest BCUT2D eigenvalue weighted by Gasteiger charge is 2.15. The minimum absolute atomic E-state index is 0.258. The number of hydrogen-bond donors (Lipinski definition) is 2. The molecule has 0 atom stereocenters. The first-order valence-electron chi connectivity index (χ1n) is 5.55. The Labute approximate surface area is 90.5 Å². The second-order valence-corrected chi connectivity index (χ2v) is 4.06. The number of hydrogen-bond acceptors (Lipinski definition) is 3. The highest BCUT2D eigenvalue weighted by molar-refractivity contribution is 5.62. The van der Waals surface area contributed by atoms with Crippen LogP contribution in [0.5, 0.6) is 0 Å². The summed E-state index contributed by atoms with van der Waals surface area (Å²) in [6.45, 7) is 2.26. The van der Waals surface area contributed by atoms with Crippen molar-refractivity contribution < 1.29 is 5.11 Å². The molecular formula is C12H18N2O. The lowest BCUT2D eigenvalue weighted by molar-refractivity contribution is 0.289. The van der Waals surface area contributed by atoms with Crippen LogP contribution in [0.1, 0.15) is 18.4 Å². The van der Waals surface area contributed by atoms with Crippen LogP contribution in [0.25, 0.3) is 0 Å². The van der Waals surface area contributed by atoms with E-state index < -0.39 is 0 Å². The second-order valence-electron chi connectivity index (χ2n) is 4.06. The number of rotatable bonds is 3. The Hall–Kier alpha value is -1.22. The van der Waals surface area contributed by atoms with E-state index in [1.54, 1.807) is 0 Å². The van der Waals surface area contributed by atoms with Gasteiger partial charge in [-0.15, -0.1) is 0 Å². The molecule has 0 spiro atoms. The average Bonchev–Trinajstić information content (AvgIpc) is 2.26. The number of fused-ring (bicyclic) bond motifs is 1. The van der Waals surface area contributed by atoms with Crippen LogP contribution in [0.3, 0.4) is 0 Å². The average molecular weight is 206 g/mol. The topological polar surface area (TPSA) is 49.5 Å². The fourth-order valence-electron chi connectivity index (χ4n) is 2.16. The summed E-state index contributed by atoms with van der Waals surface area (Å²) in [5.41, 5.74) is 9.26. The lowest BCUT2D eigenvalue weighted by atomic mass is 10.0. The van der Waals surface area contributed by atoms with E-state index in [2.05, 4.69) is 11.0 Å². The normalized spacial score (nSPS) is 15.1. The van der Waals surface area contributed by atoms with Crippen LogP contribution in [0, 0.1) is 0 Å². The number of aliphatic hydroxyl groups is 1. The third kappa shape index (κ3) is 2.23. The van der Waals surface area contributed by atoms with Gasteiger partial charge in [0.1, 0.15) is 0 Å². The Balaban J connectivity index is 2.20. The molecule has 0 bridgehead atoms. The van der Waals surface area contributed by atoms with E-state index in [9.17, 15) is 0 Å². The molecule has 0 saturated heterocycles. The van der Waals surface area contributed by atoms with Crippen LogP contribution < -0.4 is 10.6 Å². The summed E-state index contributed by atoms with van der Waals surface area (Å²) >= 11 is 0. The van der Waals surface area contributed by atoms with Crippen LogP contribution >= 0.6 is 0 Å². The van der Waals surface area contributed by atoms with E-state index in [1.165, 1.54) is 17.7 Å².